The Hall–Kier alpha value is -3.24. The number of aromatic nitrogens is 2. The van der Waals surface area contributed by atoms with Crippen LogP contribution in [0.2, 0.25) is 0 Å². The van der Waals surface area contributed by atoms with E-state index in [0.717, 1.165) is 22.0 Å². The third-order valence-electron chi connectivity index (χ3n) is 4.88. The molecule has 0 aliphatic carbocycles. The van der Waals surface area contributed by atoms with Gasteiger partial charge in [-0.15, -0.1) is 10.2 Å². The Kier molecular flexibility index (Phi) is 6.81. The van der Waals surface area contributed by atoms with Crippen LogP contribution in [0.15, 0.2) is 52.9 Å². The van der Waals surface area contributed by atoms with Crippen molar-refractivity contribution in [1.82, 2.24) is 10.2 Å². The minimum Gasteiger partial charge on any atom is -0.465 e. The molecule has 2 heterocycles. The van der Waals surface area contributed by atoms with Gasteiger partial charge in [0, 0.05) is 30.0 Å². The summed E-state index contributed by atoms with van der Waals surface area (Å²) < 4.78 is 5.42. The van der Waals surface area contributed by atoms with Gasteiger partial charge in [0.25, 0.3) is 5.91 Å². The maximum atomic E-state index is 12.5. The van der Waals surface area contributed by atoms with E-state index in [1.807, 2.05) is 12.1 Å². The van der Waals surface area contributed by atoms with E-state index in [9.17, 15) is 14.4 Å². The summed E-state index contributed by atoms with van der Waals surface area (Å²) in [5.41, 5.74) is 2.82. The molecule has 10 heteroatoms. The lowest BCUT2D eigenvalue weighted by atomic mass is 10.1. The first-order valence-corrected chi connectivity index (χ1v) is 11.7. The smallest absolute Gasteiger partial charge is 0.337 e. The molecule has 0 saturated carbocycles. The number of anilines is 2. The second-order valence-electron chi connectivity index (χ2n) is 7.00. The maximum Gasteiger partial charge on any atom is 0.337 e. The molecule has 0 radical (unpaired) electrons. The largest absolute Gasteiger partial charge is 0.465 e. The molecule has 1 fully saturated rings. The van der Waals surface area contributed by atoms with Crippen molar-refractivity contribution in [1.29, 1.82) is 0 Å². The number of thioether (sulfide) groups is 1. The second-order valence-corrected chi connectivity index (χ2v) is 9.20. The Morgan fingerprint density at radius 3 is 2.47 bits per heavy atom. The zero-order valence-electron chi connectivity index (χ0n) is 17.2. The molecule has 4 rings (SSSR count). The van der Waals surface area contributed by atoms with E-state index < -0.39 is 0 Å². The quantitative estimate of drug-likeness (QED) is 0.318. The van der Waals surface area contributed by atoms with Crippen LogP contribution in [0.1, 0.15) is 39.1 Å². The highest BCUT2D eigenvalue weighted by Gasteiger charge is 2.21. The molecule has 3 aromatic rings. The van der Waals surface area contributed by atoms with E-state index in [1.165, 1.54) is 30.2 Å². The van der Waals surface area contributed by atoms with E-state index in [4.69, 9.17) is 4.74 Å². The molecule has 2 amide bonds. The van der Waals surface area contributed by atoms with Crippen LogP contribution < -0.4 is 10.2 Å². The van der Waals surface area contributed by atoms with Gasteiger partial charge in [-0.1, -0.05) is 35.2 Å². The minimum atomic E-state index is -0.368. The zero-order valence-corrected chi connectivity index (χ0v) is 18.9. The van der Waals surface area contributed by atoms with Gasteiger partial charge in [-0.3, -0.25) is 14.9 Å². The Morgan fingerprint density at radius 1 is 1.09 bits per heavy atom. The number of hydrogen-bond donors (Lipinski definition) is 1. The average Bonchev–Trinajstić information content (AvgIpc) is 3.46. The van der Waals surface area contributed by atoms with Crippen molar-refractivity contribution in [2.45, 2.75) is 22.9 Å². The number of rotatable bonds is 7. The fourth-order valence-corrected chi connectivity index (χ4v) is 4.90. The predicted molar refractivity (Wildman–Crippen MR) is 123 cm³/mol. The third-order valence-corrected chi connectivity index (χ3v) is 6.92. The Balaban J connectivity index is 1.31. The van der Waals surface area contributed by atoms with Gasteiger partial charge in [0.05, 0.1) is 12.7 Å². The van der Waals surface area contributed by atoms with E-state index in [0.29, 0.717) is 35.0 Å². The van der Waals surface area contributed by atoms with Crippen LogP contribution in [0.3, 0.4) is 0 Å². The molecule has 1 aromatic heterocycles. The maximum absolute atomic E-state index is 12.5. The summed E-state index contributed by atoms with van der Waals surface area (Å²) >= 11 is 2.79. The van der Waals surface area contributed by atoms with Gasteiger partial charge in [0.15, 0.2) is 4.34 Å². The van der Waals surface area contributed by atoms with Gasteiger partial charge in [0.2, 0.25) is 11.0 Å². The van der Waals surface area contributed by atoms with Crippen molar-refractivity contribution < 1.29 is 19.1 Å². The van der Waals surface area contributed by atoms with Crippen LogP contribution in [0.5, 0.6) is 0 Å². The number of nitrogens with one attached hydrogen (secondary N) is 1. The van der Waals surface area contributed by atoms with Crippen molar-refractivity contribution in [3.8, 4) is 0 Å². The SMILES string of the molecule is COC(=O)c1ccc(CSc2nnc(NC(=O)c3ccc(N4CCCC4=O)cc3)s2)cc1. The highest BCUT2D eigenvalue weighted by atomic mass is 32.2. The van der Waals surface area contributed by atoms with E-state index >= 15 is 0 Å². The molecule has 1 aliphatic heterocycles. The topological polar surface area (TPSA) is 101 Å². The van der Waals surface area contributed by atoms with Gasteiger partial charge < -0.3 is 9.64 Å². The van der Waals surface area contributed by atoms with Crippen LogP contribution >= 0.6 is 23.1 Å². The van der Waals surface area contributed by atoms with E-state index in [1.54, 1.807) is 41.3 Å². The summed E-state index contributed by atoms with van der Waals surface area (Å²) in [6.07, 6.45) is 1.43. The lowest BCUT2D eigenvalue weighted by molar-refractivity contribution is -0.117. The van der Waals surface area contributed by atoms with Gasteiger partial charge in [-0.25, -0.2) is 4.79 Å². The highest BCUT2D eigenvalue weighted by molar-refractivity contribution is 8.00. The molecule has 32 heavy (non-hydrogen) atoms. The van der Waals surface area contributed by atoms with Crippen LogP contribution in [-0.4, -0.2) is 41.6 Å². The Morgan fingerprint density at radius 2 is 1.81 bits per heavy atom. The van der Waals surface area contributed by atoms with Crippen molar-refractivity contribution in [2.75, 3.05) is 23.9 Å². The number of benzene rings is 2. The van der Waals surface area contributed by atoms with Crippen LogP contribution in [0.25, 0.3) is 0 Å². The molecule has 2 aromatic carbocycles. The fraction of sp³-hybridized carbons (Fsp3) is 0.227. The summed E-state index contributed by atoms with van der Waals surface area (Å²) in [6.45, 7) is 0.713. The third kappa shape index (κ3) is 5.14. The lowest BCUT2D eigenvalue weighted by Crippen LogP contribution is -2.23. The van der Waals surface area contributed by atoms with Crippen LogP contribution in [0.4, 0.5) is 10.8 Å². The first-order chi connectivity index (χ1) is 15.5. The van der Waals surface area contributed by atoms with Gasteiger partial charge in [0.1, 0.15) is 0 Å². The lowest BCUT2D eigenvalue weighted by Gasteiger charge is -2.15. The molecule has 8 nitrogen and oxygen atoms in total. The number of carbonyl (C=O) groups excluding carboxylic acids is 3. The minimum absolute atomic E-state index is 0.112. The Bertz CT molecular complexity index is 1130. The van der Waals surface area contributed by atoms with Crippen molar-refractivity contribution in [3.05, 3.63) is 65.2 Å². The predicted octanol–water partition coefficient (Wildman–Crippen LogP) is 4.00. The second kappa shape index (κ2) is 9.92. The summed E-state index contributed by atoms with van der Waals surface area (Å²) in [5, 5.41) is 11.3. The molecule has 0 unspecified atom stereocenters. The standard InChI is InChI=1S/C22H20N4O4S2/c1-30-20(29)16-6-4-14(5-7-16)13-31-22-25-24-21(32-22)23-19(28)15-8-10-17(11-9-15)26-12-2-3-18(26)27/h4-11H,2-3,12-13H2,1H3,(H,23,24,28). The molecule has 1 aliphatic rings. The molecule has 1 saturated heterocycles. The molecule has 0 bridgehead atoms. The van der Waals surface area contributed by atoms with Crippen molar-refractivity contribution >= 4 is 51.7 Å². The zero-order chi connectivity index (χ0) is 22.5. The van der Waals surface area contributed by atoms with Gasteiger partial charge >= 0.3 is 5.97 Å². The molecule has 0 spiro atoms. The van der Waals surface area contributed by atoms with Gasteiger partial charge in [-0.2, -0.15) is 0 Å². The summed E-state index contributed by atoms with van der Waals surface area (Å²) in [7, 11) is 1.35. The molecule has 1 N–H and O–H groups in total. The molecular weight excluding hydrogens is 448 g/mol. The van der Waals surface area contributed by atoms with Crippen LogP contribution in [0, 0.1) is 0 Å². The van der Waals surface area contributed by atoms with Crippen molar-refractivity contribution in [3.63, 3.8) is 0 Å². The number of ether oxygens (including phenoxy) is 1. The normalized spacial score (nSPS) is 13.3. The molecule has 0 atom stereocenters. The molecule has 164 valence electrons. The highest BCUT2D eigenvalue weighted by Crippen LogP contribution is 2.29. The average molecular weight is 469 g/mol. The monoisotopic (exact) mass is 468 g/mol. The first kappa shape index (κ1) is 22.0. The van der Waals surface area contributed by atoms with E-state index in [2.05, 4.69) is 15.5 Å². The number of nitrogens with zero attached hydrogens (tertiary/aromatic N) is 3. The summed E-state index contributed by atoms with van der Waals surface area (Å²) in [5.74, 6) is 0.115. The number of carbonyl (C=O) groups is 3. The Labute approximate surface area is 193 Å². The number of esters is 1. The van der Waals surface area contributed by atoms with Crippen LogP contribution in [-0.2, 0) is 15.3 Å². The van der Waals surface area contributed by atoms with E-state index in [-0.39, 0.29) is 17.8 Å². The number of hydrogen-bond acceptors (Lipinski definition) is 8. The summed E-state index contributed by atoms with van der Waals surface area (Å²) in [4.78, 5) is 37.6. The summed E-state index contributed by atoms with van der Waals surface area (Å²) in [6, 6.07) is 14.1. The number of methoxy groups -OCH3 is 1. The first-order valence-electron chi connectivity index (χ1n) is 9.89. The number of amides is 2. The van der Waals surface area contributed by atoms with Crippen molar-refractivity contribution in [2.24, 2.45) is 0 Å². The van der Waals surface area contributed by atoms with Gasteiger partial charge in [-0.05, 0) is 48.4 Å². The fourth-order valence-electron chi connectivity index (χ4n) is 3.20. The molecular formula is C22H20N4O4S2.